The van der Waals surface area contributed by atoms with Crippen LogP contribution in [0.25, 0.3) is 0 Å². The third-order valence-electron chi connectivity index (χ3n) is 4.67. The Morgan fingerprint density at radius 2 is 1.73 bits per heavy atom. The summed E-state index contributed by atoms with van der Waals surface area (Å²) in [5.41, 5.74) is 10.8. The number of likely N-dealkylation sites (tertiary alicyclic amines) is 1. The molecule has 0 radical (unpaired) electrons. The number of nitrogens with two attached hydrogens (primary N) is 1. The number of nitrogens with one attached hydrogen (secondary N) is 1. The van der Waals surface area contributed by atoms with Gasteiger partial charge >= 0.3 is 0 Å². The zero-order chi connectivity index (χ0) is 17.5. The number of anilines is 1. The molecule has 5 heteroatoms. The molecule has 1 heterocycles. The van der Waals surface area contributed by atoms with Gasteiger partial charge in [0.25, 0.3) is 0 Å². The summed E-state index contributed by atoms with van der Waals surface area (Å²) in [5, 5.41) is 3.17. The molecule has 1 fully saturated rings. The summed E-state index contributed by atoms with van der Waals surface area (Å²) in [5.74, 6) is 0.453. The molecular formula is C21H29IN4. The summed E-state index contributed by atoms with van der Waals surface area (Å²) in [6.45, 7) is 6.25. The van der Waals surface area contributed by atoms with E-state index >= 15 is 0 Å². The average molecular weight is 464 g/mol. The number of hydrogen-bond donors (Lipinski definition) is 2. The molecule has 0 aliphatic carbocycles. The average Bonchev–Trinajstić information content (AvgIpc) is 3.14. The van der Waals surface area contributed by atoms with Gasteiger partial charge in [-0.05, 0) is 61.2 Å². The highest BCUT2D eigenvalue weighted by atomic mass is 127. The van der Waals surface area contributed by atoms with Crippen molar-refractivity contribution in [1.29, 1.82) is 0 Å². The van der Waals surface area contributed by atoms with E-state index in [-0.39, 0.29) is 24.0 Å². The Hall–Kier alpha value is -1.60. The van der Waals surface area contributed by atoms with E-state index in [2.05, 4.69) is 58.5 Å². The number of halogens is 1. The molecule has 0 spiro atoms. The minimum Gasteiger partial charge on any atom is -0.370 e. The summed E-state index contributed by atoms with van der Waals surface area (Å²) >= 11 is 0. The highest BCUT2D eigenvalue weighted by Gasteiger charge is 2.11. The number of rotatable bonds is 6. The SMILES string of the molecule is CCc1cccc(NC(N)=NCc2ccc(CN3CCCC3)cc2)c1.I. The van der Waals surface area contributed by atoms with Crippen LogP contribution in [-0.4, -0.2) is 23.9 Å². The van der Waals surface area contributed by atoms with Crippen LogP contribution in [0.15, 0.2) is 53.5 Å². The second kappa shape index (κ2) is 10.5. The third-order valence-corrected chi connectivity index (χ3v) is 4.67. The lowest BCUT2D eigenvalue weighted by Crippen LogP contribution is -2.22. The van der Waals surface area contributed by atoms with E-state index in [9.17, 15) is 0 Å². The van der Waals surface area contributed by atoms with Crippen LogP contribution in [0.3, 0.4) is 0 Å². The lowest BCUT2D eigenvalue weighted by Gasteiger charge is -2.14. The molecule has 1 saturated heterocycles. The van der Waals surface area contributed by atoms with Gasteiger partial charge in [0.15, 0.2) is 5.96 Å². The molecule has 26 heavy (non-hydrogen) atoms. The molecule has 3 N–H and O–H groups in total. The predicted molar refractivity (Wildman–Crippen MR) is 121 cm³/mol. The fraction of sp³-hybridized carbons (Fsp3) is 0.381. The summed E-state index contributed by atoms with van der Waals surface area (Å²) in [4.78, 5) is 6.96. The fourth-order valence-corrected chi connectivity index (χ4v) is 3.18. The van der Waals surface area contributed by atoms with Gasteiger partial charge in [-0.1, -0.05) is 43.3 Å². The molecule has 1 aliphatic rings. The van der Waals surface area contributed by atoms with Gasteiger partial charge in [-0.15, -0.1) is 24.0 Å². The van der Waals surface area contributed by atoms with Gasteiger partial charge in [-0.2, -0.15) is 0 Å². The topological polar surface area (TPSA) is 53.6 Å². The van der Waals surface area contributed by atoms with Gasteiger partial charge in [0, 0.05) is 12.2 Å². The molecule has 2 aromatic rings. The van der Waals surface area contributed by atoms with Crippen molar-refractivity contribution in [1.82, 2.24) is 4.90 Å². The summed E-state index contributed by atoms with van der Waals surface area (Å²) in [6, 6.07) is 17.0. The standard InChI is InChI=1S/C21H28N4.HI/c1-2-17-6-5-7-20(14-17)24-21(22)23-15-18-8-10-19(11-9-18)16-25-12-3-4-13-25;/h5-11,14H,2-4,12-13,15-16H2,1H3,(H3,22,23,24);1H. The molecule has 140 valence electrons. The van der Waals surface area contributed by atoms with Crippen LogP contribution in [-0.2, 0) is 19.5 Å². The lowest BCUT2D eigenvalue weighted by molar-refractivity contribution is 0.331. The number of aliphatic imine (C=N–C) groups is 1. The molecule has 0 saturated carbocycles. The second-order valence-corrected chi connectivity index (χ2v) is 6.68. The zero-order valence-electron chi connectivity index (χ0n) is 15.4. The van der Waals surface area contributed by atoms with Gasteiger partial charge in [0.2, 0.25) is 0 Å². The number of guanidine groups is 1. The van der Waals surface area contributed by atoms with E-state index in [0.29, 0.717) is 12.5 Å². The van der Waals surface area contributed by atoms with Crippen molar-refractivity contribution in [3.8, 4) is 0 Å². The molecule has 4 nitrogen and oxygen atoms in total. The molecule has 3 rings (SSSR count). The number of hydrogen-bond acceptors (Lipinski definition) is 2. The highest BCUT2D eigenvalue weighted by molar-refractivity contribution is 14.0. The van der Waals surface area contributed by atoms with E-state index in [1.54, 1.807) is 0 Å². The summed E-state index contributed by atoms with van der Waals surface area (Å²) < 4.78 is 0. The van der Waals surface area contributed by atoms with Crippen molar-refractivity contribution in [2.75, 3.05) is 18.4 Å². The number of nitrogens with zero attached hydrogens (tertiary/aromatic N) is 2. The van der Waals surface area contributed by atoms with E-state index in [4.69, 9.17) is 5.73 Å². The van der Waals surface area contributed by atoms with Crippen LogP contribution in [0.2, 0.25) is 0 Å². The van der Waals surface area contributed by atoms with Gasteiger partial charge in [-0.25, -0.2) is 4.99 Å². The quantitative estimate of drug-likeness (QED) is 0.379. The maximum Gasteiger partial charge on any atom is 0.193 e. The molecule has 2 aromatic carbocycles. The Kier molecular flexibility index (Phi) is 8.38. The smallest absolute Gasteiger partial charge is 0.193 e. The zero-order valence-corrected chi connectivity index (χ0v) is 17.8. The van der Waals surface area contributed by atoms with Crippen molar-refractivity contribution in [3.63, 3.8) is 0 Å². The van der Waals surface area contributed by atoms with Crippen LogP contribution < -0.4 is 11.1 Å². The molecule has 1 aliphatic heterocycles. The van der Waals surface area contributed by atoms with Crippen molar-refractivity contribution in [3.05, 3.63) is 65.2 Å². The first-order valence-corrected chi connectivity index (χ1v) is 9.19. The lowest BCUT2D eigenvalue weighted by atomic mass is 10.1. The molecule has 0 bridgehead atoms. The van der Waals surface area contributed by atoms with Gasteiger partial charge in [-0.3, -0.25) is 4.90 Å². The second-order valence-electron chi connectivity index (χ2n) is 6.68. The fourth-order valence-electron chi connectivity index (χ4n) is 3.18. The predicted octanol–water partition coefficient (Wildman–Crippen LogP) is 4.39. The Labute approximate surface area is 173 Å². The molecule has 0 unspecified atom stereocenters. The first-order valence-electron chi connectivity index (χ1n) is 9.19. The van der Waals surface area contributed by atoms with Crippen LogP contribution in [0.4, 0.5) is 5.69 Å². The van der Waals surface area contributed by atoms with Crippen molar-refractivity contribution in [2.24, 2.45) is 10.7 Å². The van der Waals surface area contributed by atoms with Crippen LogP contribution in [0, 0.1) is 0 Å². The maximum atomic E-state index is 6.02. The minimum atomic E-state index is 0. The molecule has 0 amide bonds. The van der Waals surface area contributed by atoms with Crippen molar-refractivity contribution in [2.45, 2.75) is 39.3 Å². The largest absolute Gasteiger partial charge is 0.370 e. The summed E-state index contributed by atoms with van der Waals surface area (Å²) in [7, 11) is 0. The minimum absolute atomic E-state index is 0. The number of benzene rings is 2. The van der Waals surface area contributed by atoms with E-state index < -0.39 is 0 Å². The molecular weight excluding hydrogens is 435 g/mol. The van der Waals surface area contributed by atoms with E-state index in [0.717, 1.165) is 18.7 Å². The third kappa shape index (κ3) is 6.29. The number of aryl methyl sites for hydroxylation is 1. The van der Waals surface area contributed by atoms with Crippen molar-refractivity contribution < 1.29 is 0 Å². The van der Waals surface area contributed by atoms with Crippen LogP contribution in [0.1, 0.15) is 36.5 Å². The van der Waals surface area contributed by atoms with E-state index in [1.165, 1.54) is 42.6 Å². The first-order chi connectivity index (χ1) is 12.2. The van der Waals surface area contributed by atoms with Crippen LogP contribution >= 0.6 is 24.0 Å². The normalized spacial score (nSPS) is 14.9. The summed E-state index contributed by atoms with van der Waals surface area (Å²) in [6.07, 6.45) is 3.68. The van der Waals surface area contributed by atoms with Gasteiger partial charge in [0.1, 0.15) is 0 Å². The van der Waals surface area contributed by atoms with Gasteiger partial charge in [0.05, 0.1) is 6.54 Å². The van der Waals surface area contributed by atoms with Crippen LogP contribution in [0.5, 0.6) is 0 Å². The Morgan fingerprint density at radius 3 is 2.42 bits per heavy atom. The maximum absolute atomic E-state index is 6.02. The Morgan fingerprint density at radius 1 is 1.04 bits per heavy atom. The molecule has 0 aromatic heterocycles. The van der Waals surface area contributed by atoms with Crippen molar-refractivity contribution >= 4 is 35.6 Å². The Bertz CT molecular complexity index is 706. The van der Waals surface area contributed by atoms with E-state index in [1.807, 2.05) is 12.1 Å². The highest BCUT2D eigenvalue weighted by Crippen LogP contribution is 2.14. The molecule has 0 atom stereocenters. The monoisotopic (exact) mass is 464 g/mol. The Balaban J connectivity index is 0.00000243. The first kappa shape index (κ1) is 20.7. The van der Waals surface area contributed by atoms with Gasteiger partial charge < -0.3 is 11.1 Å².